The monoisotopic (exact) mass is 305 g/mol. The second-order valence-electron chi connectivity index (χ2n) is 3.42. The molecule has 0 spiro atoms. The van der Waals surface area contributed by atoms with Gasteiger partial charge in [-0.25, -0.2) is 0 Å². The summed E-state index contributed by atoms with van der Waals surface area (Å²) in [6.45, 7) is 0. The van der Waals surface area contributed by atoms with E-state index in [1.165, 1.54) is 0 Å². The van der Waals surface area contributed by atoms with Crippen LogP contribution in [0, 0.1) is 0 Å². The number of hydrogen-bond donors (Lipinski definition) is 0. The topological polar surface area (TPSA) is 52.3 Å². The third kappa shape index (κ3) is 4.98. The second-order valence-corrected chi connectivity index (χ2v) is 4.23. The Morgan fingerprint density at radius 1 is 1.37 bits per heavy atom. The molecule has 0 radical (unpaired) electrons. The number of halogens is 3. The van der Waals surface area contributed by atoms with Gasteiger partial charge in [0.05, 0.1) is 17.2 Å². The predicted molar refractivity (Wildman–Crippen MR) is 69.3 cm³/mol. The van der Waals surface area contributed by atoms with E-state index in [1.807, 2.05) is 6.07 Å². The van der Waals surface area contributed by atoms with Gasteiger partial charge in [-0.1, -0.05) is 34.4 Å². The number of aromatic nitrogens is 1. The number of benzene rings is 1. The van der Waals surface area contributed by atoms with Crippen molar-refractivity contribution in [3.8, 4) is 0 Å². The molecule has 1 heterocycles. The molecule has 0 saturated carbocycles. The molecule has 0 aliphatic rings. The average Bonchev–Trinajstić information content (AvgIpc) is 2.83. The highest BCUT2D eigenvalue weighted by Crippen LogP contribution is 2.23. The summed E-state index contributed by atoms with van der Waals surface area (Å²) in [5.41, 5.74) is 1.23. The molecule has 0 aliphatic carbocycles. The first-order valence-corrected chi connectivity index (χ1v) is 5.85. The van der Waals surface area contributed by atoms with Crippen molar-refractivity contribution < 1.29 is 18.8 Å². The average molecular weight is 306 g/mol. The van der Waals surface area contributed by atoms with E-state index in [-0.39, 0.29) is 5.69 Å². The van der Waals surface area contributed by atoms with Crippen LogP contribution in [0.1, 0.15) is 21.8 Å². The van der Waals surface area contributed by atoms with Crippen molar-refractivity contribution in [3.63, 3.8) is 0 Å². The predicted octanol–water partition coefficient (Wildman–Crippen LogP) is 3.90. The maximum Gasteiger partial charge on any atom is 0.171 e. The van der Waals surface area contributed by atoms with Crippen LogP contribution < -0.4 is 0 Å². The third-order valence-corrected chi connectivity index (χ3v) is 2.80. The summed E-state index contributed by atoms with van der Waals surface area (Å²) >= 11 is 11.7. The summed E-state index contributed by atoms with van der Waals surface area (Å²) in [6, 6.07) is 6.91. The summed E-state index contributed by atoms with van der Waals surface area (Å²) in [5, 5.41) is 4.57. The molecule has 0 saturated heterocycles. The highest BCUT2D eigenvalue weighted by atomic mass is 35.5. The maximum atomic E-state index is 10.4. The first-order valence-electron chi connectivity index (χ1n) is 5.10. The van der Waals surface area contributed by atoms with Gasteiger partial charge in [-0.3, -0.25) is 4.79 Å². The van der Waals surface area contributed by atoms with Crippen molar-refractivity contribution in [2.75, 3.05) is 7.11 Å². The van der Waals surface area contributed by atoms with E-state index in [2.05, 4.69) is 10.1 Å². The second kappa shape index (κ2) is 7.89. The SMILES string of the molecule is COF.O=Cc1cc(Cc2ccc(Cl)c(Cl)c2)on1. The normalized spacial score (nSPS) is 9.68. The lowest BCUT2D eigenvalue weighted by Gasteiger charge is -1.99. The molecule has 0 N–H and O–H groups in total. The molecule has 7 heteroatoms. The molecule has 1 aromatic heterocycles. The minimum Gasteiger partial charge on any atom is -0.360 e. The van der Waals surface area contributed by atoms with Gasteiger partial charge >= 0.3 is 0 Å². The van der Waals surface area contributed by atoms with Crippen molar-refractivity contribution in [1.29, 1.82) is 0 Å². The maximum absolute atomic E-state index is 10.4. The van der Waals surface area contributed by atoms with Gasteiger partial charge < -0.3 is 4.52 Å². The Labute approximate surface area is 119 Å². The van der Waals surface area contributed by atoms with E-state index in [0.717, 1.165) is 12.7 Å². The van der Waals surface area contributed by atoms with Crippen LogP contribution in [0.2, 0.25) is 10.0 Å². The standard InChI is InChI=1S/C11H7Cl2NO2.CH3FO/c12-10-2-1-7(4-11(10)13)3-9-5-8(6-15)14-16-9;1-3-2/h1-2,4-6H,3H2;1H3. The van der Waals surface area contributed by atoms with E-state index in [1.54, 1.807) is 18.2 Å². The molecule has 1 aromatic carbocycles. The zero-order valence-electron chi connectivity index (χ0n) is 9.90. The fourth-order valence-corrected chi connectivity index (χ4v) is 1.64. The number of nitrogens with zero attached hydrogens (tertiary/aromatic N) is 1. The van der Waals surface area contributed by atoms with Gasteiger partial charge in [-0.05, 0) is 22.2 Å². The molecular weight excluding hydrogens is 296 g/mol. The van der Waals surface area contributed by atoms with Crippen molar-refractivity contribution in [2.45, 2.75) is 6.42 Å². The Bertz CT molecular complexity index is 546. The Kier molecular flexibility index (Phi) is 6.49. The molecule has 2 aromatic rings. The zero-order chi connectivity index (χ0) is 14.3. The molecule has 0 fully saturated rings. The number of carbonyl (C=O) groups excluding carboxylic acids is 1. The Morgan fingerprint density at radius 2 is 2.05 bits per heavy atom. The largest absolute Gasteiger partial charge is 0.360 e. The number of hydrogen-bond acceptors (Lipinski definition) is 4. The summed E-state index contributed by atoms with van der Waals surface area (Å²) < 4.78 is 14.8. The van der Waals surface area contributed by atoms with Crippen LogP contribution in [0.5, 0.6) is 0 Å². The molecular formula is C12H10Cl2FNO3. The number of carbonyl (C=O) groups is 1. The van der Waals surface area contributed by atoms with E-state index >= 15 is 0 Å². The summed E-state index contributed by atoms with van der Waals surface area (Å²) in [4.78, 5) is 13.2. The lowest BCUT2D eigenvalue weighted by molar-refractivity contribution is -0.0960. The molecule has 0 aliphatic heterocycles. The van der Waals surface area contributed by atoms with Gasteiger partial charge in [0.25, 0.3) is 0 Å². The minimum atomic E-state index is 0.287. The molecule has 0 atom stereocenters. The Hall–Kier alpha value is -1.43. The van der Waals surface area contributed by atoms with Crippen LogP contribution in [-0.4, -0.2) is 18.6 Å². The number of rotatable bonds is 3. The molecule has 19 heavy (non-hydrogen) atoms. The van der Waals surface area contributed by atoms with Gasteiger partial charge in [-0.2, -0.15) is 4.94 Å². The lowest BCUT2D eigenvalue weighted by Crippen LogP contribution is -1.85. The van der Waals surface area contributed by atoms with Gasteiger partial charge in [0.2, 0.25) is 0 Å². The lowest BCUT2D eigenvalue weighted by atomic mass is 10.1. The highest BCUT2D eigenvalue weighted by Gasteiger charge is 2.06. The fourth-order valence-electron chi connectivity index (χ4n) is 1.32. The Balaban J connectivity index is 0.000000550. The highest BCUT2D eigenvalue weighted by molar-refractivity contribution is 6.42. The van der Waals surface area contributed by atoms with Gasteiger partial charge in [0, 0.05) is 12.5 Å². The van der Waals surface area contributed by atoms with Crippen LogP contribution in [0.15, 0.2) is 28.8 Å². The number of aldehydes is 1. The molecule has 102 valence electrons. The van der Waals surface area contributed by atoms with Crippen LogP contribution >= 0.6 is 23.2 Å². The molecule has 2 rings (SSSR count). The van der Waals surface area contributed by atoms with Crippen LogP contribution in [0.3, 0.4) is 0 Å². The molecule has 4 nitrogen and oxygen atoms in total. The first kappa shape index (κ1) is 15.6. The smallest absolute Gasteiger partial charge is 0.171 e. The van der Waals surface area contributed by atoms with Gasteiger partial charge in [0.1, 0.15) is 11.5 Å². The van der Waals surface area contributed by atoms with Gasteiger partial charge in [0.15, 0.2) is 6.29 Å². The molecule has 0 unspecified atom stereocenters. The Morgan fingerprint density at radius 3 is 2.58 bits per heavy atom. The van der Waals surface area contributed by atoms with Crippen molar-refractivity contribution >= 4 is 29.5 Å². The van der Waals surface area contributed by atoms with Crippen molar-refractivity contribution in [3.05, 3.63) is 51.3 Å². The van der Waals surface area contributed by atoms with Crippen molar-refractivity contribution in [2.24, 2.45) is 0 Å². The van der Waals surface area contributed by atoms with E-state index in [0.29, 0.717) is 28.5 Å². The summed E-state index contributed by atoms with van der Waals surface area (Å²) in [7, 11) is 0.958. The minimum absolute atomic E-state index is 0.287. The fraction of sp³-hybridized carbons (Fsp3) is 0.167. The van der Waals surface area contributed by atoms with Crippen LogP contribution in [0.4, 0.5) is 4.53 Å². The first-order chi connectivity index (χ1) is 9.10. The third-order valence-electron chi connectivity index (χ3n) is 2.06. The summed E-state index contributed by atoms with van der Waals surface area (Å²) in [6.07, 6.45) is 1.17. The van der Waals surface area contributed by atoms with Crippen LogP contribution in [0.25, 0.3) is 0 Å². The van der Waals surface area contributed by atoms with Gasteiger partial charge in [-0.15, -0.1) is 0 Å². The molecule has 0 bridgehead atoms. The quantitative estimate of drug-likeness (QED) is 0.807. The van der Waals surface area contributed by atoms with Crippen molar-refractivity contribution in [1.82, 2.24) is 5.16 Å². The van der Waals surface area contributed by atoms with E-state index in [4.69, 9.17) is 27.7 Å². The zero-order valence-corrected chi connectivity index (χ0v) is 11.4. The van der Waals surface area contributed by atoms with E-state index in [9.17, 15) is 9.32 Å². The van der Waals surface area contributed by atoms with E-state index < -0.39 is 0 Å². The summed E-state index contributed by atoms with van der Waals surface area (Å²) in [5.74, 6) is 0.612. The molecule has 0 amide bonds. The van der Waals surface area contributed by atoms with Crippen LogP contribution in [-0.2, 0) is 11.4 Å².